The number of carbonyl (C=O) groups is 1. The number of halogens is 1. The number of phenolic OH excluding ortho intramolecular Hbond substituents is 1. The van der Waals surface area contributed by atoms with E-state index in [1.54, 1.807) is 24.3 Å². The summed E-state index contributed by atoms with van der Waals surface area (Å²) in [5.74, 6) is -0.294. The van der Waals surface area contributed by atoms with E-state index in [2.05, 4.69) is 10.5 Å². The van der Waals surface area contributed by atoms with Gasteiger partial charge in [0.05, 0.1) is 0 Å². The zero-order valence-electron chi connectivity index (χ0n) is 10.8. The van der Waals surface area contributed by atoms with Crippen LogP contribution in [0.1, 0.15) is 5.56 Å². The fraction of sp³-hybridized carbons (Fsp3) is 0.0667. The Balaban J connectivity index is 1.93. The summed E-state index contributed by atoms with van der Waals surface area (Å²) in [5, 5.41) is 13.1. The maximum absolute atomic E-state index is 14.2. The number of cyclic esters (lactones) is 1. The molecule has 3 rings (SSSR count). The Hall–Kier alpha value is -2.89. The number of ether oxygens (including phenoxy) is 1. The Morgan fingerprint density at radius 2 is 1.86 bits per heavy atom. The van der Waals surface area contributed by atoms with E-state index in [9.17, 15) is 14.3 Å². The van der Waals surface area contributed by atoms with Crippen molar-refractivity contribution in [3.05, 3.63) is 53.8 Å². The van der Waals surface area contributed by atoms with Gasteiger partial charge < -0.3 is 9.84 Å². The average Bonchev–Trinajstić information content (AvgIpc) is 2.49. The Kier molecular flexibility index (Phi) is 3.27. The van der Waals surface area contributed by atoms with Crippen LogP contribution in [0.25, 0.3) is 11.1 Å². The van der Waals surface area contributed by atoms with Crippen molar-refractivity contribution >= 4 is 11.8 Å². The van der Waals surface area contributed by atoms with Crippen LogP contribution in [0.15, 0.2) is 47.6 Å². The molecule has 0 radical (unpaired) electrons. The maximum Gasteiger partial charge on any atom is 0.428 e. The lowest BCUT2D eigenvalue weighted by Crippen LogP contribution is -2.30. The maximum atomic E-state index is 14.2. The molecule has 0 bridgehead atoms. The van der Waals surface area contributed by atoms with Crippen molar-refractivity contribution in [2.24, 2.45) is 5.10 Å². The highest BCUT2D eigenvalue weighted by molar-refractivity contribution is 6.03. The fourth-order valence-electron chi connectivity index (χ4n) is 2.03. The Bertz CT molecular complexity index is 726. The van der Waals surface area contributed by atoms with Gasteiger partial charge in [-0.05, 0) is 23.8 Å². The van der Waals surface area contributed by atoms with Crippen LogP contribution in [0.3, 0.4) is 0 Å². The van der Waals surface area contributed by atoms with E-state index in [-0.39, 0.29) is 12.4 Å². The molecule has 106 valence electrons. The van der Waals surface area contributed by atoms with Gasteiger partial charge in [0, 0.05) is 11.1 Å². The van der Waals surface area contributed by atoms with Crippen LogP contribution in [-0.4, -0.2) is 23.5 Å². The van der Waals surface area contributed by atoms with Gasteiger partial charge in [-0.1, -0.05) is 24.3 Å². The number of nitrogens with zero attached hydrogens (tertiary/aromatic N) is 1. The molecule has 0 unspecified atom stereocenters. The van der Waals surface area contributed by atoms with Crippen molar-refractivity contribution in [2.45, 2.75) is 0 Å². The van der Waals surface area contributed by atoms with Gasteiger partial charge in [-0.3, -0.25) is 0 Å². The van der Waals surface area contributed by atoms with Gasteiger partial charge in [0.2, 0.25) is 0 Å². The number of rotatable bonds is 2. The second-order valence-electron chi connectivity index (χ2n) is 4.49. The van der Waals surface area contributed by atoms with Crippen LogP contribution in [0.5, 0.6) is 5.75 Å². The van der Waals surface area contributed by atoms with E-state index in [0.717, 1.165) is 0 Å². The molecule has 0 saturated carbocycles. The van der Waals surface area contributed by atoms with Crippen molar-refractivity contribution in [3.63, 3.8) is 0 Å². The van der Waals surface area contributed by atoms with Crippen LogP contribution in [-0.2, 0) is 4.74 Å². The van der Waals surface area contributed by atoms with E-state index in [0.29, 0.717) is 22.4 Å². The lowest BCUT2D eigenvalue weighted by Gasteiger charge is -2.14. The molecule has 2 aromatic carbocycles. The number of hydrazone groups is 1. The molecule has 0 saturated heterocycles. The smallest absolute Gasteiger partial charge is 0.428 e. The summed E-state index contributed by atoms with van der Waals surface area (Å²) in [6.07, 6.45) is -0.625. The topological polar surface area (TPSA) is 70.9 Å². The molecule has 0 aromatic heterocycles. The van der Waals surface area contributed by atoms with Crippen LogP contribution in [0.2, 0.25) is 0 Å². The molecular weight excluding hydrogens is 275 g/mol. The van der Waals surface area contributed by atoms with E-state index >= 15 is 0 Å². The molecule has 6 heteroatoms. The summed E-state index contributed by atoms with van der Waals surface area (Å²) in [6, 6.07) is 10.9. The molecule has 0 fully saturated rings. The molecule has 21 heavy (non-hydrogen) atoms. The monoisotopic (exact) mass is 286 g/mol. The molecule has 1 aliphatic rings. The number of hydrogen-bond donors (Lipinski definition) is 2. The van der Waals surface area contributed by atoms with Crippen molar-refractivity contribution in [2.75, 3.05) is 6.61 Å². The fourth-order valence-corrected chi connectivity index (χ4v) is 2.03. The Morgan fingerprint density at radius 1 is 1.14 bits per heavy atom. The van der Waals surface area contributed by atoms with Gasteiger partial charge in [-0.15, -0.1) is 0 Å². The Morgan fingerprint density at radius 3 is 2.48 bits per heavy atom. The molecular formula is C15H11FN2O3. The lowest BCUT2D eigenvalue weighted by atomic mass is 10.0. The largest absolute Gasteiger partial charge is 0.508 e. The average molecular weight is 286 g/mol. The highest BCUT2D eigenvalue weighted by Gasteiger charge is 2.15. The van der Waals surface area contributed by atoms with Crippen LogP contribution < -0.4 is 5.43 Å². The molecule has 0 aliphatic carbocycles. The third-order valence-corrected chi connectivity index (χ3v) is 3.10. The van der Waals surface area contributed by atoms with E-state index in [4.69, 9.17) is 4.74 Å². The Labute approximate surface area is 119 Å². The second-order valence-corrected chi connectivity index (χ2v) is 4.49. The van der Waals surface area contributed by atoms with Gasteiger partial charge in [-0.2, -0.15) is 5.10 Å². The third-order valence-electron chi connectivity index (χ3n) is 3.10. The lowest BCUT2D eigenvalue weighted by molar-refractivity contribution is 0.157. The predicted octanol–water partition coefficient (Wildman–Crippen LogP) is 2.64. The first-order valence-electron chi connectivity index (χ1n) is 6.22. The van der Waals surface area contributed by atoms with Gasteiger partial charge >= 0.3 is 6.09 Å². The number of benzene rings is 2. The van der Waals surface area contributed by atoms with Gasteiger partial charge in [0.25, 0.3) is 0 Å². The third kappa shape index (κ3) is 2.69. The number of nitrogens with one attached hydrogen (secondary N) is 1. The first kappa shape index (κ1) is 13.1. The van der Waals surface area contributed by atoms with Crippen LogP contribution >= 0.6 is 0 Å². The molecule has 2 N–H and O–H groups in total. The number of hydrogen-bond acceptors (Lipinski definition) is 4. The van der Waals surface area contributed by atoms with E-state index in [1.165, 1.54) is 18.2 Å². The minimum Gasteiger partial charge on any atom is -0.508 e. The summed E-state index contributed by atoms with van der Waals surface area (Å²) in [6.45, 7) is 0.00380. The van der Waals surface area contributed by atoms with Gasteiger partial charge in [0.15, 0.2) is 0 Å². The SMILES string of the molecule is O=C1NN=C(c2ccc(-c3ccc(O)cc3)c(F)c2)CO1. The molecule has 0 atom stereocenters. The van der Waals surface area contributed by atoms with Crippen molar-refractivity contribution in [1.29, 1.82) is 0 Å². The highest BCUT2D eigenvalue weighted by atomic mass is 19.1. The second kappa shape index (κ2) is 5.24. The zero-order valence-corrected chi connectivity index (χ0v) is 10.8. The summed E-state index contributed by atoms with van der Waals surface area (Å²) in [4.78, 5) is 10.8. The number of phenols is 1. The molecule has 0 spiro atoms. The molecule has 1 amide bonds. The summed E-state index contributed by atoms with van der Waals surface area (Å²) in [7, 11) is 0. The minimum atomic E-state index is -0.625. The standard InChI is InChI=1S/C15H11FN2O3/c16-13-7-10(14-8-21-15(20)18-17-14)3-6-12(13)9-1-4-11(19)5-2-9/h1-7,19H,8H2,(H,18,20). The van der Waals surface area contributed by atoms with E-state index in [1.807, 2.05) is 0 Å². The van der Waals surface area contributed by atoms with Gasteiger partial charge in [-0.25, -0.2) is 14.6 Å². The zero-order chi connectivity index (χ0) is 14.8. The first-order chi connectivity index (χ1) is 10.1. The molecule has 2 aromatic rings. The van der Waals surface area contributed by atoms with Crippen LogP contribution in [0, 0.1) is 5.82 Å². The normalized spacial score (nSPS) is 14.1. The first-order valence-corrected chi connectivity index (χ1v) is 6.22. The molecule has 1 heterocycles. The number of amides is 1. The highest BCUT2D eigenvalue weighted by Crippen LogP contribution is 2.25. The molecule has 5 nitrogen and oxygen atoms in total. The van der Waals surface area contributed by atoms with Crippen molar-refractivity contribution < 1.29 is 19.0 Å². The van der Waals surface area contributed by atoms with Crippen LogP contribution in [0.4, 0.5) is 9.18 Å². The minimum absolute atomic E-state index is 0.00380. The molecule has 1 aliphatic heterocycles. The summed E-state index contributed by atoms with van der Waals surface area (Å²) in [5.41, 5.74) is 4.24. The number of carbonyl (C=O) groups excluding carboxylic acids is 1. The quantitative estimate of drug-likeness (QED) is 0.891. The van der Waals surface area contributed by atoms with Gasteiger partial charge in [0.1, 0.15) is 23.9 Å². The van der Waals surface area contributed by atoms with Crippen molar-refractivity contribution in [3.8, 4) is 16.9 Å². The van der Waals surface area contributed by atoms with Crippen molar-refractivity contribution in [1.82, 2.24) is 5.43 Å². The number of aromatic hydroxyl groups is 1. The van der Waals surface area contributed by atoms with E-state index < -0.39 is 11.9 Å². The summed E-state index contributed by atoms with van der Waals surface area (Å²) < 4.78 is 19.0. The predicted molar refractivity (Wildman–Crippen MR) is 74.5 cm³/mol. The summed E-state index contributed by atoms with van der Waals surface area (Å²) >= 11 is 0.